The number of likely N-dealkylation sites (tertiary alicyclic amines) is 3. The molecule has 0 aliphatic carbocycles. The zero-order chi connectivity index (χ0) is 80.1. The molecule has 8 aliphatic rings. The summed E-state index contributed by atoms with van der Waals surface area (Å²) < 4.78 is 23.3. The van der Waals surface area contributed by atoms with Crippen LogP contribution in [-0.2, 0) is 60.9 Å². The van der Waals surface area contributed by atoms with Crippen LogP contribution in [0.3, 0.4) is 0 Å². The first-order valence-corrected chi connectivity index (χ1v) is 36.8. The molecule has 4 spiro atoms. The van der Waals surface area contributed by atoms with E-state index in [9.17, 15) is 62.8 Å². The number of imide groups is 8. The van der Waals surface area contributed by atoms with Gasteiger partial charge in [-0.3, -0.25) is 39.5 Å². The summed E-state index contributed by atoms with van der Waals surface area (Å²) in [6.07, 6.45) is 2.41. The van der Waals surface area contributed by atoms with Crippen LogP contribution in [-0.4, -0.2) is 254 Å². The van der Waals surface area contributed by atoms with Crippen LogP contribution in [0.5, 0.6) is 0 Å². The first-order chi connectivity index (χ1) is 49.2. The fraction of sp³-hybridized carbons (Fsp3) is 0.714. The van der Waals surface area contributed by atoms with Gasteiger partial charge in [0.2, 0.25) is 5.82 Å². The second-order valence-electron chi connectivity index (χ2n) is 31.7. The van der Waals surface area contributed by atoms with E-state index in [1.807, 2.05) is 26.8 Å². The number of rotatable bonds is 7. The molecule has 0 unspecified atom stereocenters. The van der Waals surface area contributed by atoms with Gasteiger partial charge in [0.1, 0.15) is 56.3 Å². The molecule has 0 saturated carbocycles. The Balaban J connectivity index is 0.00000142. The van der Waals surface area contributed by atoms with E-state index in [2.05, 4.69) is 88.4 Å². The van der Waals surface area contributed by atoms with Gasteiger partial charge in [-0.2, -0.15) is 15.1 Å². The number of nitriles is 1. The molecule has 39 heteroatoms. The summed E-state index contributed by atoms with van der Waals surface area (Å²) in [6.45, 7) is 41.5. The minimum atomic E-state index is -1.19. The molecule has 4 N–H and O–H groups in total. The molecule has 0 bridgehead atoms. The molecular weight excluding hydrogens is 1550 g/mol. The number of carbonyl (C=O) groups excluding carboxylic acids is 13. The number of fused-ring (bicyclic) bond motifs is 1. The van der Waals surface area contributed by atoms with Gasteiger partial charge in [-0.1, -0.05) is 43.6 Å². The summed E-state index contributed by atoms with van der Waals surface area (Å²) in [5, 5.41) is 30.3. The summed E-state index contributed by atoms with van der Waals surface area (Å²) in [7, 11) is 0. The Bertz CT molecular complexity index is 3640. The standard InChI is InChI=1S/C22H29N7O2.C19H31N3O6.C17H27N3O6.C9H15N3O2.C2H5Br.CH2O3.2K.Na.2H/c1-5-29-20(31)26-19(30)22(29)6-8-27(9-7-22)13-16-10-15-12-24-17(11-23)25-18(15)28(16)14-21(2,3)4;1-8-21-14(24)22(16(26)28-18(5,6)7)13(23)19(21)9-11-20(12-10-19)15(25)27-17(2,3)4;1-15(2,3)25-13(23)19-9-7-17(8-10-19)11(21)20(12(22)18-17)14(24)26-16(4,5)6;1-2-12-8(14)11-7(13)9(12)3-5-10-6-4-9;1-2-3;2-1-4-3;;;;;/h10,12H,5-9,13-14H2,1-4H3,(H,26,30,31);8-12H2,1-7H3;7-10H2,1-6H3,(H,18,22);10H,2-6H2,1H3,(H,11,13,14);2H2,1H3;1,3H;;;;;/q;;;;;;3*+1;2*-1/p-1. The average molecular weight is 1660 g/mol. The average Bonchev–Trinajstić information content (AvgIpc) is 1.59. The van der Waals surface area contributed by atoms with E-state index < -0.39 is 92.8 Å². The fourth-order valence-corrected chi connectivity index (χ4v) is 13.5. The number of alkyl halides is 1. The molecule has 0 aromatic carbocycles. The Morgan fingerprint density at radius 2 is 0.991 bits per heavy atom. The third kappa shape index (κ3) is 25.7. The van der Waals surface area contributed by atoms with Crippen LogP contribution in [0.25, 0.3) is 11.0 Å². The van der Waals surface area contributed by atoms with Gasteiger partial charge in [-0.15, -0.1) is 0 Å². The first kappa shape index (κ1) is 101. The molecule has 8 saturated heterocycles. The molecule has 35 nitrogen and oxygen atoms in total. The van der Waals surface area contributed by atoms with Gasteiger partial charge >= 0.3 is 181 Å². The monoisotopic (exact) mass is 1660 g/mol. The molecule has 0 atom stereocenters. The molecule has 2 aromatic heterocycles. The molecule has 109 heavy (non-hydrogen) atoms. The van der Waals surface area contributed by atoms with Crippen molar-refractivity contribution in [3.8, 4) is 6.07 Å². The van der Waals surface area contributed by atoms with Crippen LogP contribution in [0.4, 0.5) is 38.4 Å². The van der Waals surface area contributed by atoms with Crippen LogP contribution in [0, 0.1) is 16.7 Å². The predicted octanol–water partition coefficient (Wildman–Crippen LogP) is -1.77. The van der Waals surface area contributed by atoms with E-state index in [0.29, 0.717) is 42.3 Å². The van der Waals surface area contributed by atoms with Crippen molar-refractivity contribution < 1.29 is 227 Å². The quantitative estimate of drug-likeness (QED) is 0.0453. The van der Waals surface area contributed by atoms with Gasteiger partial charge in [-0.25, -0.2) is 48.3 Å². The Morgan fingerprint density at radius 1 is 0.596 bits per heavy atom. The van der Waals surface area contributed by atoms with E-state index in [1.165, 1.54) is 14.7 Å². The maximum atomic E-state index is 13.1. The Kier molecular flexibility index (Phi) is 38.4. The third-order valence-electron chi connectivity index (χ3n) is 18.1. The minimum absolute atomic E-state index is 0. The molecule has 8 fully saturated rings. The second-order valence-corrected chi connectivity index (χ2v) is 32.8. The summed E-state index contributed by atoms with van der Waals surface area (Å²) in [5.74, 6) is -1.34. The smallest absolute Gasteiger partial charge is 1.00 e. The number of nitrogens with one attached hydrogen (secondary N) is 4. The molecule has 594 valence electrons. The van der Waals surface area contributed by atoms with E-state index in [1.54, 1.807) is 106 Å². The zero-order valence-corrected chi connectivity index (χ0v) is 77.6. The van der Waals surface area contributed by atoms with E-state index in [-0.39, 0.29) is 235 Å². The Labute approximate surface area is 756 Å². The van der Waals surface area contributed by atoms with Crippen molar-refractivity contribution >= 4 is 106 Å². The predicted molar refractivity (Wildman–Crippen MR) is 386 cm³/mol. The van der Waals surface area contributed by atoms with Gasteiger partial charge in [-0.05, 0) is 180 Å². The molecule has 16 amide bonds. The molecule has 8 aliphatic heterocycles. The first-order valence-electron chi connectivity index (χ1n) is 35.6. The van der Waals surface area contributed by atoms with Gasteiger partial charge in [0.15, 0.2) is 0 Å². The van der Waals surface area contributed by atoms with E-state index in [0.717, 1.165) is 67.6 Å². The number of urea groups is 4. The summed E-state index contributed by atoms with van der Waals surface area (Å²) in [4.78, 5) is 179. The number of nitrogens with zero attached hydrogens (tertiary/aromatic N) is 12. The molecule has 0 radical (unpaired) electrons. The van der Waals surface area contributed by atoms with Gasteiger partial charge in [0, 0.05) is 94.6 Å². The minimum Gasteiger partial charge on any atom is -1.00 e. The van der Waals surface area contributed by atoms with Crippen LogP contribution >= 0.6 is 15.9 Å². The third-order valence-corrected chi connectivity index (χ3v) is 18.1. The number of halogens is 1. The molecule has 10 heterocycles. The van der Waals surface area contributed by atoms with Crippen molar-refractivity contribution in [3.05, 3.63) is 23.8 Å². The van der Waals surface area contributed by atoms with Crippen molar-refractivity contribution in [1.82, 2.24) is 75.0 Å². The molecular formula is C70H110BrK2N16NaO19. The summed E-state index contributed by atoms with van der Waals surface area (Å²) >= 11 is 3.15. The molecule has 2 aromatic rings. The number of hydrogen-bond acceptors (Lipinski definition) is 24. The normalized spacial score (nSPS) is 19.1. The van der Waals surface area contributed by atoms with Crippen molar-refractivity contribution in [3.63, 3.8) is 0 Å². The van der Waals surface area contributed by atoms with Gasteiger partial charge in [0.25, 0.3) is 30.1 Å². The van der Waals surface area contributed by atoms with Crippen LogP contribution in [0.15, 0.2) is 12.3 Å². The maximum absolute atomic E-state index is 13.1. The van der Waals surface area contributed by atoms with Crippen molar-refractivity contribution in [2.24, 2.45) is 5.41 Å². The second kappa shape index (κ2) is 41.7. The van der Waals surface area contributed by atoms with Crippen molar-refractivity contribution in [1.29, 1.82) is 5.26 Å². The SMILES string of the molecule is CC(C)(C)OC(=O)N1CCC2(CC1)NC(=O)N(C(=O)OC(C)(C)C)C2=O.CCBr.CCN1C(=O)N(C(=O)OC(C)(C)C)C(=O)C12CCN(C(=O)OC(C)(C)C)CC2.CCN1C(=O)NC(=O)C12CCN(Cc1cc3cnc(C#N)nc3n1CC(C)(C)C)CC2.CCN1C(=O)NC(=O)C12CCNCC2.O=CO[O-].[H-].[H-].[K+].[K+].[Na+]. The van der Waals surface area contributed by atoms with Crippen molar-refractivity contribution in [2.45, 2.75) is 241 Å². The number of carbonyl (C=O) groups is 13. The van der Waals surface area contributed by atoms with Crippen molar-refractivity contribution in [2.75, 3.05) is 77.3 Å². The number of hydrogen-bond donors (Lipinski definition) is 4. The zero-order valence-electron chi connectivity index (χ0n) is 69.8. The number of amides is 16. The largest absolute Gasteiger partial charge is 1.00 e. The Hall–Kier alpha value is -4.55. The Morgan fingerprint density at radius 3 is 1.39 bits per heavy atom. The van der Waals surface area contributed by atoms with Gasteiger partial charge in [0.05, 0.1) is 0 Å². The summed E-state index contributed by atoms with van der Waals surface area (Å²) in [5.41, 5.74) is -4.55. The van der Waals surface area contributed by atoms with E-state index >= 15 is 0 Å². The van der Waals surface area contributed by atoms with Crippen LogP contribution in [0.1, 0.15) is 197 Å². The fourth-order valence-electron chi connectivity index (χ4n) is 13.5. The summed E-state index contributed by atoms with van der Waals surface area (Å²) in [6, 6.07) is 2.14. The number of likely N-dealkylation sites (N-methyl/N-ethyl adjacent to an activating group) is 3. The maximum Gasteiger partial charge on any atom is 1.00 e. The van der Waals surface area contributed by atoms with Gasteiger partial charge < -0.3 is 71.6 Å². The number of piperidine rings is 4. The van der Waals surface area contributed by atoms with Crippen LogP contribution in [0.2, 0.25) is 0 Å². The number of aromatic nitrogens is 3. The molecule has 10 rings (SSSR count). The number of ether oxygens (including phenoxy) is 4. The topological polar surface area (TPSA) is 420 Å². The van der Waals surface area contributed by atoms with Crippen LogP contribution < -0.4 is 159 Å². The van der Waals surface area contributed by atoms with E-state index in [4.69, 9.17) is 29.0 Å².